The molecule has 3 rings (SSSR count). The van der Waals surface area contributed by atoms with Gasteiger partial charge in [-0.25, -0.2) is 4.79 Å². The molecular formula is C20H22N2O2. The summed E-state index contributed by atoms with van der Waals surface area (Å²) in [4.78, 5) is 26.4. The molecule has 24 heavy (non-hydrogen) atoms. The summed E-state index contributed by atoms with van der Waals surface area (Å²) in [5.41, 5.74) is 2.41. The lowest BCUT2D eigenvalue weighted by molar-refractivity contribution is -0.131. The van der Waals surface area contributed by atoms with Gasteiger partial charge in [-0.1, -0.05) is 60.2 Å². The first-order chi connectivity index (χ1) is 11.5. The number of urea groups is 1. The summed E-state index contributed by atoms with van der Waals surface area (Å²) in [6.45, 7) is 4.12. The summed E-state index contributed by atoms with van der Waals surface area (Å²) >= 11 is 0. The van der Waals surface area contributed by atoms with Crippen LogP contribution in [0.4, 0.5) is 4.79 Å². The van der Waals surface area contributed by atoms with Gasteiger partial charge in [0.1, 0.15) is 5.54 Å². The molecule has 1 atom stereocenters. The molecule has 124 valence electrons. The van der Waals surface area contributed by atoms with Crippen molar-refractivity contribution in [2.24, 2.45) is 0 Å². The number of hydrogen-bond acceptors (Lipinski definition) is 2. The van der Waals surface area contributed by atoms with E-state index in [0.717, 1.165) is 23.1 Å². The number of rotatable bonds is 5. The smallest absolute Gasteiger partial charge is 0.323 e. The van der Waals surface area contributed by atoms with Gasteiger partial charge in [0.2, 0.25) is 0 Å². The first kappa shape index (κ1) is 16.2. The molecular weight excluding hydrogens is 300 g/mol. The maximum atomic E-state index is 12.8. The first-order valence-electron chi connectivity index (χ1n) is 8.21. The zero-order valence-electron chi connectivity index (χ0n) is 14.1. The molecule has 0 aliphatic carbocycles. The van der Waals surface area contributed by atoms with Gasteiger partial charge < -0.3 is 5.32 Å². The SMILES string of the molecule is Cc1cccc(CN2C(=O)N[C@](C)(CCc3ccccc3)C2=O)c1. The van der Waals surface area contributed by atoms with Crippen molar-refractivity contribution in [2.75, 3.05) is 0 Å². The van der Waals surface area contributed by atoms with Crippen LogP contribution in [0.1, 0.15) is 30.0 Å². The quantitative estimate of drug-likeness (QED) is 0.857. The third kappa shape index (κ3) is 3.32. The Morgan fingerprint density at radius 1 is 1.00 bits per heavy atom. The fourth-order valence-electron chi connectivity index (χ4n) is 3.09. The van der Waals surface area contributed by atoms with Crippen molar-refractivity contribution in [3.63, 3.8) is 0 Å². The van der Waals surface area contributed by atoms with E-state index in [-0.39, 0.29) is 11.9 Å². The van der Waals surface area contributed by atoms with Gasteiger partial charge >= 0.3 is 6.03 Å². The lowest BCUT2D eigenvalue weighted by Gasteiger charge is -2.21. The Hall–Kier alpha value is -2.62. The predicted octanol–water partition coefficient (Wildman–Crippen LogP) is 3.44. The van der Waals surface area contributed by atoms with Crippen LogP contribution in [0.2, 0.25) is 0 Å². The van der Waals surface area contributed by atoms with Crippen LogP contribution in [0, 0.1) is 6.92 Å². The van der Waals surface area contributed by atoms with Gasteiger partial charge in [-0.3, -0.25) is 9.69 Å². The molecule has 1 heterocycles. The summed E-state index contributed by atoms with van der Waals surface area (Å²) in [6.07, 6.45) is 1.34. The van der Waals surface area contributed by atoms with E-state index in [2.05, 4.69) is 5.32 Å². The molecule has 1 saturated heterocycles. The van der Waals surface area contributed by atoms with Crippen LogP contribution in [-0.2, 0) is 17.8 Å². The summed E-state index contributed by atoms with van der Waals surface area (Å²) in [5.74, 6) is -0.148. The minimum atomic E-state index is -0.837. The second-order valence-electron chi connectivity index (χ2n) is 6.63. The van der Waals surface area contributed by atoms with E-state index in [4.69, 9.17) is 0 Å². The number of imide groups is 1. The van der Waals surface area contributed by atoms with Crippen LogP contribution in [0.3, 0.4) is 0 Å². The van der Waals surface area contributed by atoms with Gasteiger partial charge in [-0.15, -0.1) is 0 Å². The molecule has 1 aliphatic rings. The third-order valence-electron chi connectivity index (χ3n) is 4.52. The van der Waals surface area contributed by atoms with Crippen LogP contribution in [0.5, 0.6) is 0 Å². The van der Waals surface area contributed by atoms with E-state index in [1.807, 2.05) is 68.4 Å². The molecule has 2 aromatic rings. The van der Waals surface area contributed by atoms with Gasteiger partial charge in [-0.05, 0) is 37.8 Å². The van der Waals surface area contributed by atoms with Gasteiger partial charge in [-0.2, -0.15) is 0 Å². The monoisotopic (exact) mass is 322 g/mol. The minimum Gasteiger partial charge on any atom is -0.323 e. The topological polar surface area (TPSA) is 49.4 Å². The third-order valence-corrected chi connectivity index (χ3v) is 4.52. The van der Waals surface area contributed by atoms with E-state index in [0.29, 0.717) is 13.0 Å². The van der Waals surface area contributed by atoms with Crippen LogP contribution in [0.15, 0.2) is 54.6 Å². The number of nitrogens with one attached hydrogen (secondary N) is 1. The number of benzene rings is 2. The van der Waals surface area contributed by atoms with E-state index in [1.165, 1.54) is 4.90 Å². The summed E-state index contributed by atoms with van der Waals surface area (Å²) in [6, 6.07) is 17.6. The fourth-order valence-corrected chi connectivity index (χ4v) is 3.09. The number of amides is 3. The molecule has 1 aliphatic heterocycles. The Bertz CT molecular complexity index is 757. The predicted molar refractivity (Wildman–Crippen MR) is 93.4 cm³/mol. The van der Waals surface area contributed by atoms with Crippen molar-refractivity contribution < 1.29 is 9.59 Å². The van der Waals surface area contributed by atoms with Crippen LogP contribution in [0.25, 0.3) is 0 Å². The highest BCUT2D eigenvalue weighted by Gasteiger charge is 2.47. The first-order valence-corrected chi connectivity index (χ1v) is 8.21. The van der Waals surface area contributed by atoms with Gasteiger partial charge in [0.05, 0.1) is 6.54 Å². The molecule has 2 aromatic carbocycles. The van der Waals surface area contributed by atoms with Crippen LogP contribution in [-0.4, -0.2) is 22.4 Å². The van der Waals surface area contributed by atoms with Crippen molar-refractivity contribution in [2.45, 2.75) is 38.8 Å². The lowest BCUT2D eigenvalue weighted by atomic mass is 9.93. The van der Waals surface area contributed by atoms with Gasteiger partial charge in [0, 0.05) is 0 Å². The van der Waals surface area contributed by atoms with Crippen molar-refractivity contribution in [1.82, 2.24) is 10.2 Å². The Kier molecular flexibility index (Phi) is 4.38. The molecule has 0 bridgehead atoms. The standard InChI is InChI=1S/C20H22N2O2/c1-15-7-6-10-17(13-15)14-22-18(23)20(2,21-19(22)24)12-11-16-8-4-3-5-9-16/h3-10,13H,11-12,14H2,1-2H3,(H,21,24)/t20-/m1/s1. The average molecular weight is 322 g/mol. The highest BCUT2D eigenvalue weighted by Crippen LogP contribution is 2.25. The average Bonchev–Trinajstić information content (AvgIpc) is 2.78. The van der Waals surface area contributed by atoms with E-state index in [1.54, 1.807) is 0 Å². The molecule has 0 aromatic heterocycles. The molecule has 0 saturated carbocycles. The van der Waals surface area contributed by atoms with E-state index in [9.17, 15) is 9.59 Å². The van der Waals surface area contributed by atoms with Crippen molar-refractivity contribution in [1.29, 1.82) is 0 Å². The van der Waals surface area contributed by atoms with Crippen LogP contribution >= 0.6 is 0 Å². The maximum absolute atomic E-state index is 12.8. The zero-order valence-corrected chi connectivity index (χ0v) is 14.1. The summed E-state index contributed by atoms with van der Waals surface area (Å²) in [5, 5.41) is 2.87. The number of aryl methyl sites for hydroxylation is 2. The second kappa shape index (κ2) is 6.48. The number of carbonyl (C=O) groups excluding carboxylic acids is 2. The Morgan fingerprint density at radius 2 is 1.71 bits per heavy atom. The minimum absolute atomic E-state index is 0.148. The van der Waals surface area contributed by atoms with Crippen molar-refractivity contribution >= 4 is 11.9 Å². The molecule has 0 unspecified atom stereocenters. The largest absolute Gasteiger partial charge is 0.325 e. The Balaban J connectivity index is 1.70. The fraction of sp³-hybridized carbons (Fsp3) is 0.300. The molecule has 4 heteroatoms. The van der Waals surface area contributed by atoms with Crippen molar-refractivity contribution in [3.05, 3.63) is 71.3 Å². The molecule has 3 amide bonds. The molecule has 1 fully saturated rings. The molecule has 0 spiro atoms. The van der Waals surface area contributed by atoms with Gasteiger partial charge in [0.25, 0.3) is 5.91 Å². The van der Waals surface area contributed by atoms with Gasteiger partial charge in [0.15, 0.2) is 0 Å². The van der Waals surface area contributed by atoms with E-state index >= 15 is 0 Å². The summed E-state index contributed by atoms with van der Waals surface area (Å²) in [7, 11) is 0. The zero-order chi connectivity index (χ0) is 17.2. The molecule has 4 nitrogen and oxygen atoms in total. The summed E-state index contributed by atoms with van der Waals surface area (Å²) < 4.78 is 0. The normalized spacial score (nSPS) is 20.3. The lowest BCUT2D eigenvalue weighted by Crippen LogP contribution is -2.44. The van der Waals surface area contributed by atoms with Crippen LogP contribution < -0.4 is 5.32 Å². The van der Waals surface area contributed by atoms with Crippen molar-refractivity contribution in [3.8, 4) is 0 Å². The Morgan fingerprint density at radius 3 is 2.42 bits per heavy atom. The van der Waals surface area contributed by atoms with E-state index < -0.39 is 5.54 Å². The highest BCUT2D eigenvalue weighted by molar-refractivity contribution is 6.06. The maximum Gasteiger partial charge on any atom is 0.325 e. The number of carbonyl (C=O) groups is 2. The molecule has 0 radical (unpaired) electrons. The highest BCUT2D eigenvalue weighted by atomic mass is 16.2. The molecule has 1 N–H and O–H groups in total. The number of nitrogens with zero attached hydrogens (tertiary/aromatic N) is 1. The number of hydrogen-bond donors (Lipinski definition) is 1. The Labute approximate surface area is 142 Å². The second-order valence-corrected chi connectivity index (χ2v) is 6.63.